The van der Waals surface area contributed by atoms with Gasteiger partial charge in [0.2, 0.25) is 0 Å². The van der Waals surface area contributed by atoms with Crippen LogP contribution in [0.1, 0.15) is 15.9 Å². The highest BCUT2D eigenvalue weighted by Crippen LogP contribution is 2.54. The third kappa shape index (κ3) is 4.41. The lowest BCUT2D eigenvalue weighted by atomic mass is 9.94. The molecular formula is C19H9Cl3F7N3O2. The molecule has 0 atom stereocenters. The molecule has 3 rings (SSSR count). The first-order chi connectivity index (χ1) is 15.6. The molecule has 5 nitrogen and oxygen atoms in total. The van der Waals surface area contributed by atoms with E-state index >= 15 is 0 Å². The van der Waals surface area contributed by atoms with Crippen molar-refractivity contribution in [3.8, 4) is 16.8 Å². The number of alkyl halides is 7. The Morgan fingerprint density at radius 2 is 1.47 bits per heavy atom. The molecule has 0 radical (unpaired) electrons. The van der Waals surface area contributed by atoms with Crippen molar-refractivity contribution in [2.75, 3.05) is 7.11 Å². The van der Waals surface area contributed by atoms with E-state index in [0.29, 0.717) is 5.56 Å². The number of nitrogens with zero attached hydrogens (tertiary/aromatic N) is 3. The van der Waals surface area contributed by atoms with Crippen molar-refractivity contribution in [2.24, 2.45) is 0 Å². The van der Waals surface area contributed by atoms with Gasteiger partial charge >= 0.3 is 24.0 Å². The highest BCUT2D eigenvalue weighted by molar-refractivity contribution is 6.38. The molecule has 0 aliphatic heterocycles. The highest BCUT2D eigenvalue weighted by atomic mass is 35.5. The number of esters is 1. The molecule has 0 aliphatic carbocycles. The SMILES string of the molecule is COC(=O)c1cc(-c2cnn(-c3c(Cl)cc(C(F)(C(F)(F)F)C(F)(F)F)cc3Cl)c2)cnc1Cl. The number of ether oxygens (including phenoxy) is 1. The molecule has 0 aliphatic rings. The summed E-state index contributed by atoms with van der Waals surface area (Å²) in [5, 5.41) is 2.30. The van der Waals surface area contributed by atoms with Crippen molar-refractivity contribution in [3.63, 3.8) is 0 Å². The first-order valence-corrected chi connectivity index (χ1v) is 9.86. The number of hydrogen-bond donors (Lipinski definition) is 0. The van der Waals surface area contributed by atoms with Gasteiger partial charge in [0.15, 0.2) is 0 Å². The number of carbonyl (C=O) groups excluding carboxylic acids is 1. The van der Waals surface area contributed by atoms with Gasteiger partial charge in [0.25, 0.3) is 0 Å². The lowest BCUT2D eigenvalue weighted by Crippen LogP contribution is -2.50. The van der Waals surface area contributed by atoms with Gasteiger partial charge in [-0.05, 0) is 18.2 Å². The Labute approximate surface area is 201 Å². The number of hydrogen-bond acceptors (Lipinski definition) is 4. The number of methoxy groups -OCH3 is 1. The van der Waals surface area contributed by atoms with Crippen molar-refractivity contribution < 1.29 is 40.3 Å². The van der Waals surface area contributed by atoms with Crippen LogP contribution >= 0.6 is 34.8 Å². The van der Waals surface area contributed by atoms with E-state index in [1.807, 2.05) is 0 Å². The predicted molar refractivity (Wildman–Crippen MR) is 108 cm³/mol. The topological polar surface area (TPSA) is 57.0 Å². The molecular weight excluding hydrogens is 542 g/mol. The van der Waals surface area contributed by atoms with Gasteiger partial charge < -0.3 is 4.74 Å². The second-order valence-electron chi connectivity index (χ2n) is 6.67. The number of benzene rings is 1. The first-order valence-electron chi connectivity index (χ1n) is 8.73. The summed E-state index contributed by atoms with van der Waals surface area (Å²) in [6, 6.07) is 1.66. The number of pyridine rings is 1. The van der Waals surface area contributed by atoms with E-state index in [1.54, 1.807) is 0 Å². The molecule has 3 aromatic rings. The number of carbonyl (C=O) groups is 1. The quantitative estimate of drug-likeness (QED) is 0.200. The van der Waals surface area contributed by atoms with E-state index in [-0.39, 0.29) is 34.1 Å². The molecule has 0 saturated carbocycles. The van der Waals surface area contributed by atoms with Crippen molar-refractivity contribution in [3.05, 3.63) is 63.1 Å². The summed E-state index contributed by atoms with van der Waals surface area (Å²) in [7, 11) is 1.13. The average Bonchev–Trinajstić information content (AvgIpc) is 3.20. The molecule has 2 heterocycles. The van der Waals surface area contributed by atoms with Crippen LogP contribution in [0.3, 0.4) is 0 Å². The monoisotopic (exact) mass is 549 g/mol. The fraction of sp³-hybridized carbons (Fsp3) is 0.211. The molecule has 1 aromatic carbocycles. The maximum atomic E-state index is 14.4. The fourth-order valence-electron chi connectivity index (χ4n) is 2.92. The summed E-state index contributed by atoms with van der Waals surface area (Å²) in [5.74, 6) is -0.780. The summed E-state index contributed by atoms with van der Waals surface area (Å²) >= 11 is 17.7. The Morgan fingerprint density at radius 3 is 1.97 bits per heavy atom. The third-order valence-electron chi connectivity index (χ3n) is 4.59. The van der Waals surface area contributed by atoms with Crippen molar-refractivity contribution in [1.29, 1.82) is 0 Å². The minimum atomic E-state index is -6.34. The van der Waals surface area contributed by atoms with Gasteiger partial charge in [0.05, 0.1) is 28.9 Å². The van der Waals surface area contributed by atoms with Crippen LogP contribution in [-0.2, 0) is 10.4 Å². The smallest absolute Gasteiger partial charge is 0.435 e. The second kappa shape index (κ2) is 8.90. The standard InChI is InChI=1S/C19H9Cl3F7N3O2/c1-34-16(33)11-2-8(5-30-15(11)22)9-6-31-32(7-9)14-12(20)3-10(4-13(14)21)17(23,18(24,25)26)19(27,28)29/h2-7H,1H3. The van der Waals surface area contributed by atoms with Crippen LogP contribution in [0.25, 0.3) is 16.8 Å². The summed E-state index contributed by atoms with van der Waals surface area (Å²) in [4.78, 5) is 15.6. The molecule has 0 amide bonds. The lowest BCUT2D eigenvalue weighted by molar-refractivity contribution is -0.348. The lowest BCUT2D eigenvalue weighted by Gasteiger charge is -2.30. The van der Waals surface area contributed by atoms with Crippen molar-refractivity contribution >= 4 is 40.8 Å². The summed E-state index contributed by atoms with van der Waals surface area (Å²) in [6.45, 7) is 0. The zero-order chi connectivity index (χ0) is 25.6. The van der Waals surface area contributed by atoms with Crippen molar-refractivity contribution in [2.45, 2.75) is 18.0 Å². The van der Waals surface area contributed by atoms with E-state index in [4.69, 9.17) is 34.8 Å². The average molecular weight is 551 g/mol. The molecule has 0 bridgehead atoms. The van der Waals surface area contributed by atoms with E-state index in [1.165, 1.54) is 24.7 Å². The fourth-order valence-corrected chi connectivity index (χ4v) is 3.77. The van der Waals surface area contributed by atoms with Gasteiger partial charge in [0.1, 0.15) is 10.8 Å². The predicted octanol–water partition coefficient (Wildman–Crippen LogP) is 6.97. The van der Waals surface area contributed by atoms with Crippen molar-refractivity contribution in [1.82, 2.24) is 14.8 Å². The Balaban J connectivity index is 2.09. The zero-order valence-electron chi connectivity index (χ0n) is 16.4. The number of aromatic nitrogens is 3. The Bertz CT molecular complexity index is 1220. The van der Waals surface area contributed by atoms with Crippen LogP contribution in [0.5, 0.6) is 0 Å². The molecule has 15 heteroatoms. The molecule has 0 N–H and O–H groups in total. The molecule has 0 spiro atoms. The molecule has 182 valence electrons. The third-order valence-corrected chi connectivity index (χ3v) is 5.46. The number of rotatable bonds is 4. The maximum absolute atomic E-state index is 14.4. The minimum absolute atomic E-state index is 0.0755. The first kappa shape index (κ1) is 26.0. The zero-order valence-corrected chi connectivity index (χ0v) is 18.7. The van der Waals surface area contributed by atoms with E-state index in [9.17, 15) is 35.5 Å². The van der Waals surface area contributed by atoms with Gasteiger partial charge in [-0.2, -0.15) is 31.4 Å². The maximum Gasteiger partial charge on any atom is 0.435 e. The minimum Gasteiger partial charge on any atom is -0.465 e. The molecule has 0 unspecified atom stereocenters. The van der Waals surface area contributed by atoms with Crippen LogP contribution in [0.15, 0.2) is 36.8 Å². The van der Waals surface area contributed by atoms with E-state index < -0.39 is 39.6 Å². The molecule has 0 fully saturated rings. The Morgan fingerprint density at radius 1 is 0.912 bits per heavy atom. The van der Waals surface area contributed by atoms with Crippen LogP contribution in [0.4, 0.5) is 30.7 Å². The normalized spacial score (nSPS) is 12.7. The Hall–Kier alpha value is -2.57. The van der Waals surface area contributed by atoms with Crippen LogP contribution in [0.2, 0.25) is 15.2 Å². The van der Waals surface area contributed by atoms with Crippen LogP contribution in [0, 0.1) is 0 Å². The van der Waals surface area contributed by atoms with Gasteiger partial charge in [-0.1, -0.05) is 34.8 Å². The summed E-state index contributed by atoms with van der Waals surface area (Å²) in [6.07, 6.45) is -8.94. The van der Waals surface area contributed by atoms with Crippen LogP contribution in [-0.4, -0.2) is 40.2 Å². The second-order valence-corrected chi connectivity index (χ2v) is 7.84. The summed E-state index contributed by atoms with van der Waals surface area (Å²) < 4.78 is 98.3. The van der Waals surface area contributed by atoms with E-state index in [2.05, 4.69) is 14.8 Å². The molecule has 2 aromatic heterocycles. The molecule has 34 heavy (non-hydrogen) atoms. The Kier molecular flexibility index (Phi) is 6.81. The molecule has 0 saturated heterocycles. The number of halogens is 10. The largest absolute Gasteiger partial charge is 0.465 e. The van der Waals surface area contributed by atoms with E-state index in [0.717, 1.165) is 11.8 Å². The van der Waals surface area contributed by atoms with Gasteiger partial charge in [0, 0.05) is 29.1 Å². The van der Waals surface area contributed by atoms with Gasteiger partial charge in [-0.3, -0.25) is 0 Å². The van der Waals surface area contributed by atoms with Gasteiger partial charge in [-0.25, -0.2) is 18.9 Å². The highest BCUT2D eigenvalue weighted by Gasteiger charge is 2.73. The van der Waals surface area contributed by atoms with Gasteiger partial charge in [-0.15, -0.1) is 0 Å². The van der Waals surface area contributed by atoms with Crippen LogP contribution < -0.4 is 0 Å². The summed E-state index contributed by atoms with van der Waals surface area (Å²) in [5.41, 5.74) is -7.36.